The molecule has 0 unspecified atom stereocenters. The highest BCUT2D eigenvalue weighted by atomic mass is 16.5. The van der Waals surface area contributed by atoms with E-state index in [1.807, 2.05) is 0 Å². The molecule has 6 heteroatoms. The monoisotopic (exact) mass is 316 g/mol. The van der Waals surface area contributed by atoms with E-state index in [4.69, 9.17) is 24.1 Å². The van der Waals surface area contributed by atoms with E-state index in [1.54, 1.807) is 36.4 Å². The van der Waals surface area contributed by atoms with Crippen LogP contribution in [-0.4, -0.2) is 36.6 Å². The lowest BCUT2D eigenvalue weighted by Gasteiger charge is -2.07. The number of ether oxygens (including phenoxy) is 2. The van der Waals surface area contributed by atoms with Crippen LogP contribution < -0.4 is 14.9 Å². The van der Waals surface area contributed by atoms with Crippen LogP contribution >= 0.6 is 0 Å². The van der Waals surface area contributed by atoms with Crippen molar-refractivity contribution in [1.82, 2.24) is 0 Å². The summed E-state index contributed by atoms with van der Waals surface area (Å²) in [6.07, 6.45) is 0. The van der Waals surface area contributed by atoms with Crippen molar-refractivity contribution in [2.75, 3.05) is 26.4 Å². The minimum Gasteiger partial charge on any atom is -0.491 e. The van der Waals surface area contributed by atoms with Crippen LogP contribution in [0.1, 0.15) is 0 Å². The summed E-state index contributed by atoms with van der Waals surface area (Å²) < 4.78 is 16.4. The van der Waals surface area contributed by atoms with Crippen LogP contribution in [0.5, 0.6) is 11.5 Å². The Bertz CT molecular complexity index is 814. The molecule has 0 aliphatic carbocycles. The van der Waals surface area contributed by atoms with Gasteiger partial charge in [0.25, 0.3) is 0 Å². The topological polar surface area (TPSA) is 89.1 Å². The molecular weight excluding hydrogens is 300 g/mol. The molecule has 120 valence electrons. The predicted molar refractivity (Wildman–Crippen MR) is 85.2 cm³/mol. The molecule has 0 aliphatic heterocycles. The maximum atomic E-state index is 12.7. The van der Waals surface area contributed by atoms with Gasteiger partial charge in [0, 0.05) is 0 Å². The van der Waals surface area contributed by atoms with Crippen molar-refractivity contribution >= 4 is 21.9 Å². The van der Waals surface area contributed by atoms with Gasteiger partial charge in [0.2, 0.25) is 5.43 Å². The number of aliphatic hydroxyl groups is 2. The number of benzene rings is 2. The van der Waals surface area contributed by atoms with Gasteiger partial charge in [0.1, 0.15) is 35.9 Å². The molecule has 0 fully saturated rings. The third-order valence-electron chi connectivity index (χ3n) is 3.33. The molecule has 2 N–H and O–H groups in total. The van der Waals surface area contributed by atoms with Crippen LogP contribution in [0.25, 0.3) is 21.9 Å². The van der Waals surface area contributed by atoms with Gasteiger partial charge in [-0.25, -0.2) is 0 Å². The van der Waals surface area contributed by atoms with Gasteiger partial charge < -0.3 is 24.1 Å². The van der Waals surface area contributed by atoms with Crippen molar-refractivity contribution < 1.29 is 24.1 Å². The molecular formula is C17H16O6. The quantitative estimate of drug-likeness (QED) is 0.673. The fourth-order valence-corrected chi connectivity index (χ4v) is 2.32. The number of fused-ring (bicyclic) bond motifs is 2. The van der Waals surface area contributed by atoms with E-state index in [-0.39, 0.29) is 31.9 Å². The minimum absolute atomic E-state index is 0.101. The fraction of sp³-hybridized carbons (Fsp3) is 0.235. The Morgan fingerprint density at radius 1 is 0.826 bits per heavy atom. The molecule has 6 nitrogen and oxygen atoms in total. The van der Waals surface area contributed by atoms with Crippen LogP contribution in [0.4, 0.5) is 0 Å². The largest absolute Gasteiger partial charge is 0.491 e. The minimum atomic E-state index is -0.190. The van der Waals surface area contributed by atoms with Crippen LogP contribution in [0.3, 0.4) is 0 Å². The molecule has 0 saturated heterocycles. The van der Waals surface area contributed by atoms with Crippen molar-refractivity contribution in [2.45, 2.75) is 0 Å². The van der Waals surface area contributed by atoms with E-state index in [9.17, 15) is 4.79 Å². The summed E-state index contributed by atoms with van der Waals surface area (Å²) in [5.41, 5.74) is 0.732. The summed E-state index contributed by atoms with van der Waals surface area (Å²) in [4.78, 5) is 12.7. The van der Waals surface area contributed by atoms with Crippen molar-refractivity contribution in [2.24, 2.45) is 0 Å². The molecule has 3 rings (SSSR count). The number of rotatable bonds is 6. The number of hydrogen-bond donors (Lipinski definition) is 2. The molecule has 23 heavy (non-hydrogen) atoms. The first-order chi connectivity index (χ1) is 11.2. The molecule has 0 bridgehead atoms. The van der Waals surface area contributed by atoms with Crippen LogP contribution in [0.15, 0.2) is 45.6 Å². The lowest BCUT2D eigenvalue weighted by Crippen LogP contribution is -2.06. The summed E-state index contributed by atoms with van der Waals surface area (Å²) in [5.74, 6) is 0.983. The van der Waals surface area contributed by atoms with Gasteiger partial charge >= 0.3 is 0 Å². The predicted octanol–water partition coefficient (Wildman–Crippen LogP) is 1.69. The Morgan fingerprint density at radius 3 is 1.74 bits per heavy atom. The van der Waals surface area contributed by atoms with Gasteiger partial charge in [0.15, 0.2) is 0 Å². The van der Waals surface area contributed by atoms with Crippen molar-refractivity contribution in [1.29, 1.82) is 0 Å². The van der Waals surface area contributed by atoms with Crippen molar-refractivity contribution in [3.8, 4) is 11.5 Å². The normalized spacial score (nSPS) is 11.0. The molecule has 3 aromatic rings. The van der Waals surface area contributed by atoms with Gasteiger partial charge in [-0.05, 0) is 36.4 Å². The first-order valence-corrected chi connectivity index (χ1v) is 7.21. The molecule has 1 heterocycles. The van der Waals surface area contributed by atoms with Gasteiger partial charge in [-0.15, -0.1) is 0 Å². The second-order valence-corrected chi connectivity index (χ2v) is 4.89. The van der Waals surface area contributed by atoms with Gasteiger partial charge in [-0.1, -0.05) is 0 Å². The summed E-state index contributed by atoms with van der Waals surface area (Å²) in [7, 11) is 0. The van der Waals surface area contributed by atoms with E-state index in [0.29, 0.717) is 33.4 Å². The lowest BCUT2D eigenvalue weighted by molar-refractivity contribution is 0.201. The number of aliphatic hydroxyl groups excluding tert-OH is 2. The Kier molecular flexibility index (Phi) is 4.45. The third-order valence-corrected chi connectivity index (χ3v) is 3.33. The summed E-state index contributed by atoms with van der Waals surface area (Å²) in [6, 6.07) is 9.89. The maximum absolute atomic E-state index is 12.7. The highest BCUT2D eigenvalue weighted by Gasteiger charge is 2.10. The second-order valence-electron chi connectivity index (χ2n) is 4.89. The molecule has 0 radical (unpaired) electrons. The fourth-order valence-electron chi connectivity index (χ4n) is 2.32. The second kappa shape index (κ2) is 6.68. The van der Waals surface area contributed by atoms with E-state index >= 15 is 0 Å². The van der Waals surface area contributed by atoms with Gasteiger partial charge in [-0.2, -0.15) is 0 Å². The smallest absolute Gasteiger partial charge is 0.200 e. The molecule has 1 aromatic heterocycles. The average molecular weight is 316 g/mol. The molecule has 0 saturated carbocycles. The Morgan fingerprint density at radius 2 is 1.30 bits per heavy atom. The summed E-state index contributed by atoms with van der Waals surface area (Å²) in [6.45, 7) is 0.110. The van der Waals surface area contributed by atoms with E-state index < -0.39 is 0 Å². The Labute approximate surface area is 131 Å². The van der Waals surface area contributed by atoms with Crippen LogP contribution in [0.2, 0.25) is 0 Å². The highest BCUT2D eigenvalue weighted by Crippen LogP contribution is 2.25. The first-order valence-electron chi connectivity index (χ1n) is 7.21. The van der Waals surface area contributed by atoms with Gasteiger partial charge in [-0.3, -0.25) is 4.79 Å². The zero-order valence-corrected chi connectivity index (χ0v) is 12.3. The lowest BCUT2D eigenvalue weighted by atomic mass is 10.1. The Balaban J connectivity index is 2.11. The molecule has 0 amide bonds. The molecule has 0 atom stereocenters. The summed E-state index contributed by atoms with van der Waals surface area (Å²) in [5, 5.41) is 18.4. The molecule has 2 aromatic carbocycles. The average Bonchev–Trinajstić information content (AvgIpc) is 2.59. The van der Waals surface area contributed by atoms with Crippen LogP contribution in [-0.2, 0) is 0 Å². The highest BCUT2D eigenvalue weighted by molar-refractivity contribution is 5.90. The third kappa shape index (κ3) is 3.13. The first kappa shape index (κ1) is 15.3. The van der Waals surface area contributed by atoms with Gasteiger partial charge in [0.05, 0.1) is 24.0 Å². The van der Waals surface area contributed by atoms with E-state index in [2.05, 4.69) is 0 Å². The maximum Gasteiger partial charge on any atom is 0.200 e. The van der Waals surface area contributed by atoms with Crippen molar-refractivity contribution in [3.63, 3.8) is 0 Å². The molecule has 0 aliphatic rings. The Hall–Kier alpha value is -2.57. The van der Waals surface area contributed by atoms with Crippen molar-refractivity contribution in [3.05, 3.63) is 46.6 Å². The van der Waals surface area contributed by atoms with Crippen LogP contribution in [0, 0.1) is 0 Å². The standard InChI is InChI=1S/C17H16O6/c18-5-7-21-11-1-3-15-13(9-11)17(20)14-10-12(22-8-6-19)2-4-16(14)23-15/h1-4,9-10,18-19H,5-8H2. The zero-order valence-electron chi connectivity index (χ0n) is 12.3. The SMILES string of the molecule is O=c1c2cc(OCCO)ccc2oc2ccc(OCCO)cc12. The number of hydrogen-bond acceptors (Lipinski definition) is 6. The summed E-state index contributed by atoms with van der Waals surface area (Å²) >= 11 is 0. The molecule has 0 spiro atoms. The zero-order chi connectivity index (χ0) is 16.2. The van der Waals surface area contributed by atoms with E-state index in [0.717, 1.165) is 0 Å². The van der Waals surface area contributed by atoms with E-state index in [1.165, 1.54) is 0 Å².